The first-order valence-corrected chi connectivity index (χ1v) is 6.81. The van der Waals surface area contributed by atoms with Crippen LogP contribution in [0.3, 0.4) is 0 Å². The summed E-state index contributed by atoms with van der Waals surface area (Å²) in [7, 11) is 0. The van der Waals surface area contributed by atoms with E-state index >= 15 is 0 Å². The van der Waals surface area contributed by atoms with Crippen molar-refractivity contribution >= 4 is 23.1 Å². The molecule has 0 aliphatic heterocycles. The lowest BCUT2D eigenvalue weighted by Gasteiger charge is -2.08. The number of anilines is 1. The molecule has 0 aromatic carbocycles. The summed E-state index contributed by atoms with van der Waals surface area (Å²) in [5, 5.41) is 10.3. The SMILES string of the molecule is CCOC(=O)c1cc(C(=O)OCC)[n+]2cccc(N)c2c1O. The molecule has 0 saturated carbocycles. The van der Waals surface area contributed by atoms with Crippen molar-refractivity contribution in [2.45, 2.75) is 13.8 Å². The van der Waals surface area contributed by atoms with E-state index in [1.165, 1.54) is 10.5 Å². The van der Waals surface area contributed by atoms with Gasteiger partial charge in [0, 0.05) is 12.1 Å². The molecule has 0 aliphatic rings. The topological polar surface area (TPSA) is 103 Å². The number of fused-ring (bicyclic) bond motifs is 1. The molecule has 22 heavy (non-hydrogen) atoms. The third-order valence-electron chi connectivity index (χ3n) is 3.03. The first-order valence-electron chi connectivity index (χ1n) is 6.81. The molecule has 2 rings (SSSR count). The lowest BCUT2D eigenvalue weighted by Crippen LogP contribution is -2.33. The number of hydrogen-bond donors (Lipinski definition) is 2. The molecular weight excluding hydrogens is 288 g/mol. The normalized spacial score (nSPS) is 10.5. The lowest BCUT2D eigenvalue weighted by atomic mass is 10.1. The number of hydrogen-bond acceptors (Lipinski definition) is 6. The van der Waals surface area contributed by atoms with Crippen molar-refractivity contribution in [3.8, 4) is 5.75 Å². The number of aromatic nitrogens is 1. The fourth-order valence-electron chi connectivity index (χ4n) is 2.11. The van der Waals surface area contributed by atoms with Gasteiger partial charge in [0.1, 0.15) is 11.3 Å². The average molecular weight is 305 g/mol. The van der Waals surface area contributed by atoms with E-state index in [1.54, 1.807) is 32.2 Å². The molecule has 0 amide bonds. The second-order valence-electron chi connectivity index (χ2n) is 4.41. The Hall–Kier alpha value is -2.83. The van der Waals surface area contributed by atoms with E-state index in [0.29, 0.717) is 0 Å². The molecule has 2 heterocycles. The van der Waals surface area contributed by atoms with Crippen LogP contribution in [0.15, 0.2) is 24.4 Å². The van der Waals surface area contributed by atoms with Crippen LogP contribution >= 0.6 is 0 Å². The van der Waals surface area contributed by atoms with Crippen LogP contribution in [0.4, 0.5) is 5.69 Å². The van der Waals surface area contributed by atoms with Gasteiger partial charge in [-0.2, -0.15) is 0 Å². The van der Waals surface area contributed by atoms with E-state index in [0.717, 1.165) is 0 Å². The summed E-state index contributed by atoms with van der Waals surface area (Å²) in [6.45, 7) is 3.64. The Kier molecular flexibility index (Phi) is 4.45. The Morgan fingerprint density at radius 1 is 1.23 bits per heavy atom. The summed E-state index contributed by atoms with van der Waals surface area (Å²) in [4.78, 5) is 24.1. The maximum atomic E-state index is 12.1. The Bertz CT molecular complexity index is 742. The maximum Gasteiger partial charge on any atom is 0.404 e. The second kappa shape index (κ2) is 6.30. The van der Waals surface area contributed by atoms with Gasteiger partial charge in [0.15, 0.2) is 6.20 Å². The van der Waals surface area contributed by atoms with Crippen LogP contribution in [0.1, 0.15) is 34.7 Å². The number of nitrogens with two attached hydrogens (primary N) is 1. The van der Waals surface area contributed by atoms with Crippen LogP contribution in [0.5, 0.6) is 5.75 Å². The molecule has 2 aromatic heterocycles. The first-order chi connectivity index (χ1) is 10.5. The van der Waals surface area contributed by atoms with Gasteiger partial charge >= 0.3 is 11.9 Å². The molecule has 0 unspecified atom stereocenters. The third-order valence-corrected chi connectivity index (χ3v) is 3.03. The molecule has 7 nitrogen and oxygen atoms in total. The van der Waals surface area contributed by atoms with Crippen molar-refractivity contribution < 1.29 is 28.6 Å². The van der Waals surface area contributed by atoms with E-state index in [2.05, 4.69) is 0 Å². The number of carbonyl (C=O) groups is 2. The average Bonchev–Trinajstić information content (AvgIpc) is 2.48. The van der Waals surface area contributed by atoms with Gasteiger partial charge in [0.25, 0.3) is 11.2 Å². The van der Waals surface area contributed by atoms with Gasteiger partial charge in [0.2, 0.25) is 5.75 Å². The molecule has 0 fully saturated rings. The molecular formula is C15H17N2O5+. The van der Waals surface area contributed by atoms with Crippen LogP contribution in [0, 0.1) is 0 Å². The maximum absolute atomic E-state index is 12.1. The molecule has 0 atom stereocenters. The predicted octanol–water partition coefficient (Wildman–Crippen LogP) is 1.07. The number of carbonyl (C=O) groups excluding carboxylic acids is 2. The lowest BCUT2D eigenvalue weighted by molar-refractivity contribution is -0.515. The van der Waals surface area contributed by atoms with Crippen LogP contribution in [-0.4, -0.2) is 30.3 Å². The molecule has 0 radical (unpaired) electrons. The van der Waals surface area contributed by atoms with E-state index in [1.807, 2.05) is 0 Å². The fraction of sp³-hybridized carbons (Fsp3) is 0.267. The highest BCUT2D eigenvalue weighted by molar-refractivity contribution is 5.98. The molecule has 3 N–H and O–H groups in total. The molecule has 116 valence electrons. The van der Waals surface area contributed by atoms with Crippen molar-refractivity contribution in [3.63, 3.8) is 0 Å². The monoisotopic (exact) mass is 305 g/mol. The van der Waals surface area contributed by atoms with Gasteiger partial charge in [-0.05, 0) is 19.9 Å². The summed E-state index contributed by atoms with van der Waals surface area (Å²) < 4.78 is 11.2. The van der Waals surface area contributed by atoms with Gasteiger partial charge in [-0.25, -0.2) is 9.59 Å². The Labute approximate surface area is 126 Å². The smallest absolute Gasteiger partial charge is 0.404 e. The van der Waals surface area contributed by atoms with E-state index in [-0.39, 0.29) is 41.4 Å². The van der Waals surface area contributed by atoms with Gasteiger partial charge in [-0.1, -0.05) is 0 Å². The quantitative estimate of drug-likeness (QED) is 0.647. The van der Waals surface area contributed by atoms with Gasteiger partial charge in [-0.15, -0.1) is 4.40 Å². The standard InChI is InChI=1S/C15H16N2O5/c1-3-21-14(19)9-8-11(15(20)22-4-2)17-7-5-6-10(16)12(17)13(9)18/h5-8H,3-4H2,1-2H3,(H2-,16,18,19,20)/p+1. The van der Waals surface area contributed by atoms with E-state index in [9.17, 15) is 14.7 Å². The zero-order valence-electron chi connectivity index (χ0n) is 12.3. The molecule has 0 spiro atoms. The number of pyridine rings is 2. The Balaban J connectivity index is 2.78. The first kappa shape index (κ1) is 15.6. The van der Waals surface area contributed by atoms with Gasteiger partial charge < -0.3 is 20.3 Å². The van der Waals surface area contributed by atoms with Crippen LogP contribution in [0.2, 0.25) is 0 Å². The van der Waals surface area contributed by atoms with Gasteiger partial charge in [0.05, 0.1) is 13.2 Å². The minimum absolute atomic E-state index is 0.0741. The number of ether oxygens (including phenoxy) is 2. The summed E-state index contributed by atoms with van der Waals surface area (Å²) in [6, 6.07) is 4.41. The summed E-state index contributed by atoms with van der Waals surface area (Å²) in [6.07, 6.45) is 1.55. The van der Waals surface area contributed by atoms with Crippen LogP contribution < -0.4 is 10.1 Å². The highest BCUT2D eigenvalue weighted by atomic mass is 16.5. The van der Waals surface area contributed by atoms with E-state index in [4.69, 9.17) is 15.2 Å². The fourth-order valence-corrected chi connectivity index (χ4v) is 2.11. The number of esters is 2. The van der Waals surface area contributed by atoms with Crippen LogP contribution in [-0.2, 0) is 9.47 Å². The molecule has 0 aliphatic carbocycles. The third kappa shape index (κ3) is 2.65. The molecule has 7 heteroatoms. The van der Waals surface area contributed by atoms with Gasteiger partial charge in [-0.3, -0.25) is 0 Å². The van der Waals surface area contributed by atoms with Crippen LogP contribution in [0.25, 0.3) is 5.52 Å². The van der Waals surface area contributed by atoms with Crippen molar-refractivity contribution in [1.82, 2.24) is 0 Å². The zero-order chi connectivity index (χ0) is 16.3. The second-order valence-corrected chi connectivity index (χ2v) is 4.41. The Morgan fingerprint density at radius 2 is 1.86 bits per heavy atom. The molecule has 2 aromatic rings. The van der Waals surface area contributed by atoms with Crippen molar-refractivity contribution in [2.24, 2.45) is 0 Å². The predicted molar refractivity (Wildman–Crippen MR) is 77.6 cm³/mol. The number of nitrogens with zero attached hydrogens (tertiary/aromatic N) is 1. The summed E-state index contributed by atoms with van der Waals surface area (Å²) in [5.41, 5.74) is 6.16. The zero-order valence-corrected chi connectivity index (χ0v) is 12.3. The largest absolute Gasteiger partial charge is 0.502 e. The number of nitrogen functional groups attached to an aromatic ring is 1. The summed E-state index contributed by atoms with van der Waals surface area (Å²) >= 11 is 0. The minimum atomic E-state index is -0.740. The van der Waals surface area contributed by atoms with E-state index < -0.39 is 11.9 Å². The van der Waals surface area contributed by atoms with Crippen molar-refractivity contribution in [2.75, 3.05) is 18.9 Å². The number of rotatable bonds is 4. The summed E-state index contributed by atoms with van der Waals surface area (Å²) in [5.74, 6) is -1.71. The Morgan fingerprint density at radius 3 is 2.50 bits per heavy atom. The highest BCUT2D eigenvalue weighted by Gasteiger charge is 2.29. The number of aromatic hydroxyl groups is 1. The minimum Gasteiger partial charge on any atom is -0.502 e. The molecule has 0 saturated heterocycles. The highest BCUT2D eigenvalue weighted by Crippen LogP contribution is 2.27. The molecule has 0 bridgehead atoms. The van der Waals surface area contributed by atoms with Crippen molar-refractivity contribution in [3.05, 3.63) is 35.7 Å². The van der Waals surface area contributed by atoms with Crippen molar-refractivity contribution in [1.29, 1.82) is 0 Å².